The summed E-state index contributed by atoms with van der Waals surface area (Å²) in [5.41, 5.74) is 1.41. The molecule has 0 fully saturated rings. The zero-order chi connectivity index (χ0) is 16.7. The maximum Gasteiger partial charge on any atom is 0.263 e. The lowest BCUT2D eigenvalue weighted by Crippen LogP contribution is -2.24. The van der Waals surface area contributed by atoms with Crippen LogP contribution in [0.1, 0.15) is 5.56 Å². The zero-order valence-corrected chi connectivity index (χ0v) is 13.5. The third-order valence-corrected chi connectivity index (χ3v) is 3.53. The Morgan fingerprint density at radius 1 is 1.17 bits per heavy atom. The van der Waals surface area contributed by atoms with Crippen LogP contribution in [-0.4, -0.2) is 5.91 Å². The molecule has 0 aromatic heterocycles. The van der Waals surface area contributed by atoms with Gasteiger partial charge in [0.1, 0.15) is 11.6 Å². The van der Waals surface area contributed by atoms with Gasteiger partial charge < -0.3 is 10.6 Å². The molecule has 6 heteroatoms. The van der Waals surface area contributed by atoms with E-state index >= 15 is 0 Å². The summed E-state index contributed by atoms with van der Waals surface area (Å²) >= 11 is 11.9. The molecule has 0 aliphatic rings. The molecular formula is C17H13Cl2N3O. The summed E-state index contributed by atoms with van der Waals surface area (Å²) in [5.74, 6) is -0.470. The first-order chi connectivity index (χ1) is 11.1. The molecule has 23 heavy (non-hydrogen) atoms. The van der Waals surface area contributed by atoms with E-state index in [1.807, 2.05) is 36.4 Å². The maximum atomic E-state index is 12.0. The number of halogens is 2. The Morgan fingerprint density at radius 3 is 2.61 bits per heavy atom. The summed E-state index contributed by atoms with van der Waals surface area (Å²) in [6, 6.07) is 16.2. The molecule has 0 aliphatic carbocycles. The van der Waals surface area contributed by atoms with E-state index in [2.05, 4.69) is 10.6 Å². The van der Waals surface area contributed by atoms with E-state index in [0.29, 0.717) is 22.3 Å². The number of nitrogens with zero attached hydrogens (tertiary/aromatic N) is 1. The Morgan fingerprint density at radius 2 is 1.91 bits per heavy atom. The molecule has 1 amide bonds. The molecule has 0 bridgehead atoms. The number of carbonyl (C=O) groups is 1. The van der Waals surface area contributed by atoms with Crippen LogP contribution in [0.4, 0.5) is 5.69 Å². The molecular weight excluding hydrogens is 333 g/mol. The highest BCUT2D eigenvalue weighted by atomic mass is 35.5. The Balaban J connectivity index is 2.02. The summed E-state index contributed by atoms with van der Waals surface area (Å²) < 4.78 is 0. The van der Waals surface area contributed by atoms with Crippen molar-refractivity contribution in [2.24, 2.45) is 0 Å². The minimum Gasteiger partial charge on any atom is -0.359 e. The molecule has 0 saturated heterocycles. The molecule has 2 aromatic rings. The summed E-state index contributed by atoms with van der Waals surface area (Å²) in [7, 11) is 0. The number of rotatable bonds is 5. The van der Waals surface area contributed by atoms with E-state index in [4.69, 9.17) is 28.5 Å². The number of carbonyl (C=O) groups excluding carboxylic acids is 1. The Hall–Kier alpha value is -2.48. The number of anilines is 1. The van der Waals surface area contributed by atoms with E-state index in [9.17, 15) is 4.79 Å². The lowest BCUT2D eigenvalue weighted by atomic mass is 10.2. The number of hydrogen-bond acceptors (Lipinski definition) is 3. The number of benzene rings is 2. The second kappa shape index (κ2) is 8.23. The van der Waals surface area contributed by atoms with Gasteiger partial charge in [-0.05, 0) is 23.8 Å². The molecule has 116 valence electrons. The monoisotopic (exact) mass is 345 g/mol. The molecule has 2 rings (SSSR count). The smallest absolute Gasteiger partial charge is 0.263 e. The molecule has 4 nitrogen and oxygen atoms in total. The predicted octanol–water partition coefficient (Wildman–Crippen LogP) is 4.13. The molecule has 0 saturated carbocycles. The van der Waals surface area contributed by atoms with Gasteiger partial charge in [0, 0.05) is 17.8 Å². The van der Waals surface area contributed by atoms with Gasteiger partial charge >= 0.3 is 0 Å². The van der Waals surface area contributed by atoms with Crippen LogP contribution in [-0.2, 0) is 11.3 Å². The first-order valence-electron chi connectivity index (χ1n) is 6.74. The Bertz CT molecular complexity index is 767. The number of nitrogens with one attached hydrogen (secondary N) is 2. The van der Waals surface area contributed by atoms with E-state index in [1.54, 1.807) is 18.2 Å². The van der Waals surface area contributed by atoms with Crippen LogP contribution in [0.25, 0.3) is 0 Å². The van der Waals surface area contributed by atoms with Gasteiger partial charge in [0.2, 0.25) is 0 Å². The first-order valence-corrected chi connectivity index (χ1v) is 7.49. The van der Waals surface area contributed by atoms with Crippen molar-refractivity contribution in [1.29, 1.82) is 5.26 Å². The summed E-state index contributed by atoms with van der Waals surface area (Å²) in [4.78, 5) is 12.0. The lowest BCUT2D eigenvalue weighted by Gasteiger charge is -2.07. The average Bonchev–Trinajstić information content (AvgIpc) is 2.57. The molecule has 0 atom stereocenters. The quantitative estimate of drug-likeness (QED) is 0.632. The van der Waals surface area contributed by atoms with Crippen molar-refractivity contribution in [1.82, 2.24) is 5.32 Å². The molecule has 0 heterocycles. The molecule has 0 radical (unpaired) electrons. The van der Waals surface area contributed by atoms with Crippen LogP contribution in [0.3, 0.4) is 0 Å². The van der Waals surface area contributed by atoms with Crippen molar-refractivity contribution < 1.29 is 4.79 Å². The number of nitriles is 1. The lowest BCUT2D eigenvalue weighted by molar-refractivity contribution is -0.117. The maximum absolute atomic E-state index is 12.0. The fourth-order valence-corrected chi connectivity index (χ4v) is 2.12. The van der Waals surface area contributed by atoms with Crippen LogP contribution in [0.2, 0.25) is 10.0 Å². The van der Waals surface area contributed by atoms with E-state index in [1.165, 1.54) is 6.20 Å². The van der Waals surface area contributed by atoms with Crippen LogP contribution in [0.15, 0.2) is 60.3 Å². The number of amides is 1. The molecule has 0 unspecified atom stereocenters. The van der Waals surface area contributed by atoms with Crippen LogP contribution in [0.5, 0.6) is 0 Å². The minimum atomic E-state index is -0.470. The second-order valence-electron chi connectivity index (χ2n) is 4.61. The largest absolute Gasteiger partial charge is 0.359 e. The fraction of sp³-hybridized carbons (Fsp3) is 0.0588. The van der Waals surface area contributed by atoms with Crippen molar-refractivity contribution in [3.05, 3.63) is 75.9 Å². The first kappa shape index (κ1) is 16.9. The number of hydrogen-bond donors (Lipinski definition) is 2. The highest BCUT2D eigenvalue weighted by Gasteiger charge is 2.09. The van der Waals surface area contributed by atoms with Gasteiger partial charge in [0.25, 0.3) is 5.91 Å². The van der Waals surface area contributed by atoms with Crippen molar-refractivity contribution in [3.8, 4) is 6.07 Å². The van der Waals surface area contributed by atoms with Gasteiger partial charge in [-0.25, -0.2) is 0 Å². The third kappa shape index (κ3) is 5.03. The fourth-order valence-electron chi connectivity index (χ4n) is 1.78. The Kier molecular flexibility index (Phi) is 6.04. The van der Waals surface area contributed by atoms with Gasteiger partial charge in [-0.1, -0.05) is 53.5 Å². The highest BCUT2D eigenvalue weighted by Crippen LogP contribution is 2.25. The molecule has 0 aliphatic heterocycles. The van der Waals surface area contributed by atoms with E-state index < -0.39 is 5.91 Å². The third-order valence-electron chi connectivity index (χ3n) is 2.96. The summed E-state index contributed by atoms with van der Waals surface area (Å²) in [6.45, 7) is 0.344. The van der Waals surface area contributed by atoms with Crippen molar-refractivity contribution >= 4 is 34.8 Å². The minimum absolute atomic E-state index is 0.0584. The standard InChI is InChI=1S/C17H13Cl2N3O/c18-14-6-7-15(19)16(8-14)21-11-13(9-20)17(23)22-10-12-4-2-1-3-5-12/h1-8,11,21H,10H2,(H,22,23)/b13-11+. The predicted molar refractivity (Wildman–Crippen MR) is 92.1 cm³/mol. The summed E-state index contributed by atoms with van der Waals surface area (Å²) in [6.07, 6.45) is 1.30. The van der Waals surface area contributed by atoms with E-state index in [0.717, 1.165) is 5.56 Å². The van der Waals surface area contributed by atoms with Gasteiger partial charge in [-0.2, -0.15) is 5.26 Å². The van der Waals surface area contributed by atoms with Gasteiger partial charge in [0.05, 0.1) is 10.7 Å². The van der Waals surface area contributed by atoms with Crippen molar-refractivity contribution in [2.75, 3.05) is 5.32 Å². The van der Waals surface area contributed by atoms with Crippen molar-refractivity contribution in [3.63, 3.8) is 0 Å². The van der Waals surface area contributed by atoms with Gasteiger partial charge in [-0.15, -0.1) is 0 Å². The van der Waals surface area contributed by atoms with Crippen LogP contribution in [0, 0.1) is 11.3 Å². The topological polar surface area (TPSA) is 64.9 Å². The molecule has 0 spiro atoms. The Labute approximate surface area is 144 Å². The SMILES string of the molecule is N#C/C(=C\Nc1cc(Cl)ccc1Cl)C(=O)NCc1ccccc1. The van der Waals surface area contributed by atoms with Gasteiger partial charge in [-0.3, -0.25) is 4.79 Å². The van der Waals surface area contributed by atoms with Crippen LogP contribution >= 0.6 is 23.2 Å². The van der Waals surface area contributed by atoms with Gasteiger partial charge in [0.15, 0.2) is 0 Å². The van der Waals surface area contributed by atoms with E-state index in [-0.39, 0.29) is 5.57 Å². The molecule has 2 N–H and O–H groups in total. The average molecular weight is 346 g/mol. The zero-order valence-electron chi connectivity index (χ0n) is 12.0. The van der Waals surface area contributed by atoms with Crippen LogP contribution < -0.4 is 10.6 Å². The normalized spacial score (nSPS) is 10.7. The molecule has 2 aromatic carbocycles. The highest BCUT2D eigenvalue weighted by molar-refractivity contribution is 6.35. The summed E-state index contributed by atoms with van der Waals surface area (Å²) in [5, 5.41) is 15.6. The second-order valence-corrected chi connectivity index (χ2v) is 5.45. The van der Waals surface area contributed by atoms with Crippen molar-refractivity contribution in [2.45, 2.75) is 6.54 Å².